The number of esters is 4. The van der Waals surface area contributed by atoms with Crippen LogP contribution in [-0.4, -0.2) is 54.6 Å². The SMILES string of the molecule is C=C1[C@H](OC(C)=O)C(=O)[C@H]2C(C)(C)[C@@H](OC(C)=O)CC[C@]2(C)[C@H]1C[C@H](OC(C)=O)/C(C)=C/COC(C)=O. The Hall–Kier alpha value is -2.97. The Kier molecular flexibility index (Phi) is 9.49. The van der Waals surface area contributed by atoms with Crippen molar-refractivity contribution in [2.45, 2.75) is 93.0 Å². The van der Waals surface area contributed by atoms with Gasteiger partial charge < -0.3 is 18.9 Å². The van der Waals surface area contributed by atoms with Crippen LogP contribution in [0.1, 0.15) is 74.7 Å². The first kappa shape index (κ1) is 30.3. The fraction of sp³-hybridized carbons (Fsp3) is 0.679. The number of Topliss-reactive ketones (excluding diaryl/α,β-unsaturated/α-hetero) is 1. The van der Waals surface area contributed by atoms with Gasteiger partial charge in [0.25, 0.3) is 0 Å². The van der Waals surface area contributed by atoms with E-state index in [4.69, 9.17) is 18.9 Å². The Balaban J connectivity index is 2.56. The van der Waals surface area contributed by atoms with Crippen LogP contribution in [0.3, 0.4) is 0 Å². The van der Waals surface area contributed by atoms with Crippen LogP contribution in [0.15, 0.2) is 23.8 Å². The molecule has 9 nitrogen and oxygen atoms in total. The molecule has 2 saturated carbocycles. The van der Waals surface area contributed by atoms with Gasteiger partial charge in [-0.2, -0.15) is 0 Å². The molecule has 9 heteroatoms. The van der Waals surface area contributed by atoms with Gasteiger partial charge in [-0.25, -0.2) is 0 Å². The van der Waals surface area contributed by atoms with Crippen LogP contribution in [0.5, 0.6) is 0 Å². The highest BCUT2D eigenvalue weighted by Gasteiger charge is 2.64. The summed E-state index contributed by atoms with van der Waals surface area (Å²) in [7, 11) is 0. The molecule has 0 radical (unpaired) electrons. The third-order valence-electron chi connectivity index (χ3n) is 7.85. The maximum absolute atomic E-state index is 13.9. The average Bonchev–Trinajstić information content (AvgIpc) is 2.74. The molecule has 0 amide bonds. The Morgan fingerprint density at radius 1 is 0.973 bits per heavy atom. The largest absolute Gasteiger partial charge is 0.462 e. The van der Waals surface area contributed by atoms with E-state index in [-0.39, 0.29) is 24.7 Å². The lowest BCUT2D eigenvalue weighted by molar-refractivity contribution is -0.188. The fourth-order valence-corrected chi connectivity index (χ4v) is 6.30. The van der Waals surface area contributed by atoms with Crippen molar-refractivity contribution in [1.82, 2.24) is 0 Å². The van der Waals surface area contributed by atoms with Crippen LogP contribution in [0.2, 0.25) is 0 Å². The molecule has 206 valence electrons. The van der Waals surface area contributed by atoms with Crippen molar-refractivity contribution >= 4 is 29.7 Å². The van der Waals surface area contributed by atoms with Crippen LogP contribution in [0, 0.1) is 22.7 Å². The van der Waals surface area contributed by atoms with E-state index >= 15 is 0 Å². The summed E-state index contributed by atoms with van der Waals surface area (Å²) >= 11 is 0. The zero-order chi connectivity index (χ0) is 28.3. The average molecular weight is 521 g/mol. The number of hydrogen-bond donors (Lipinski definition) is 0. The zero-order valence-corrected chi connectivity index (χ0v) is 23.2. The first-order valence-corrected chi connectivity index (χ1v) is 12.6. The van der Waals surface area contributed by atoms with Gasteiger partial charge in [-0.1, -0.05) is 27.4 Å². The molecule has 0 saturated heterocycles. The smallest absolute Gasteiger partial charge is 0.303 e. The summed E-state index contributed by atoms with van der Waals surface area (Å²) in [5.41, 5.74) is -0.270. The molecule has 0 heterocycles. The Morgan fingerprint density at radius 3 is 2.08 bits per heavy atom. The second-order valence-corrected chi connectivity index (χ2v) is 11.0. The van der Waals surface area contributed by atoms with E-state index in [2.05, 4.69) is 6.58 Å². The van der Waals surface area contributed by atoms with Gasteiger partial charge in [-0.05, 0) is 54.7 Å². The maximum atomic E-state index is 13.9. The van der Waals surface area contributed by atoms with Gasteiger partial charge in [0.2, 0.25) is 0 Å². The van der Waals surface area contributed by atoms with E-state index in [1.807, 2.05) is 20.8 Å². The van der Waals surface area contributed by atoms with E-state index in [0.717, 1.165) is 0 Å². The Labute approximate surface area is 218 Å². The van der Waals surface area contributed by atoms with Crippen molar-refractivity contribution in [1.29, 1.82) is 0 Å². The lowest BCUT2D eigenvalue weighted by Gasteiger charge is -2.59. The van der Waals surface area contributed by atoms with E-state index in [0.29, 0.717) is 24.0 Å². The van der Waals surface area contributed by atoms with Gasteiger partial charge in [0, 0.05) is 39.0 Å². The van der Waals surface area contributed by atoms with Crippen molar-refractivity contribution in [2.24, 2.45) is 22.7 Å². The quantitative estimate of drug-likeness (QED) is 0.266. The Bertz CT molecular complexity index is 992. The van der Waals surface area contributed by atoms with Crippen molar-refractivity contribution < 1.29 is 42.9 Å². The van der Waals surface area contributed by atoms with Crippen molar-refractivity contribution in [3.63, 3.8) is 0 Å². The number of carbonyl (C=O) groups excluding carboxylic acids is 5. The summed E-state index contributed by atoms with van der Waals surface area (Å²) < 4.78 is 21.8. The van der Waals surface area contributed by atoms with Gasteiger partial charge in [0.1, 0.15) is 18.8 Å². The summed E-state index contributed by atoms with van der Waals surface area (Å²) in [5.74, 6) is -3.22. The fourth-order valence-electron chi connectivity index (χ4n) is 6.30. The second-order valence-electron chi connectivity index (χ2n) is 11.0. The molecule has 0 aliphatic heterocycles. The molecule has 2 aliphatic carbocycles. The first-order chi connectivity index (χ1) is 17.0. The van der Waals surface area contributed by atoms with E-state index < -0.39 is 58.9 Å². The highest BCUT2D eigenvalue weighted by atomic mass is 16.6. The number of hydrogen-bond acceptors (Lipinski definition) is 9. The molecule has 0 spiro atoms. The zero-order valence-electron chi connectivity index (χ0n) is 23.2. The predicted octanol–water partition coefficient (Wildman–Crippen LogP) is 3.88. The van der Waals surface area contributed by atoms with Crippen molar-refractivity contribution in [3.05, 3.63) is 23.8 Å². The normalized spacial score (nSPS) is 30.0. The molecule has 0 aromatic rings. The van der Waals surface area contributed by atoms with Crippen LogP contribution in [0.25, 0.3) is 0 Å². The van der Waals surface area contributed by atoms with E-state index in [9.17, 15) is 24.0 Å². The Morgan fingerprint density at radius 2 is 1.57 bits per heavy atom. The number of carbonyl (C=O) groups is 5. The summed E-state index contributed by atoms with van der Waals surface area (Å²) in [5, 5.41) is 0. The minimum atomic E-state index is -1.17. The molecule has 0 aromatic heterocycles. The molecular weight excluding hydrogens is 480 g/mol. The number of fused-ring (bicyclic) bond motifs is 1. The molecule has 37 heavy (non-hydrogen) atoms. The summed E-state index contributed by atoms with van der Waals surface area (Å²) in [6, 6.07) is 0. The first-order valence-electron chi connectivity index (χ1n) is 12.6. The molecule has 0 N–H and O–H groups in total. The maximum Gasteiger partial charge on any atom is 0.303 e. The van der Waals surface area contributed by atoms with E-state index in [1.54, 1.807) is 13.0 Å². The monoisotopic (exact) mass is 520 g/mol. The molecule has 0 unspecified atom stereocenters. The predicted molar refractivity (Wildman–Crippen MR) is 134 cm³/mol. The molecule has 2 aliphatic rings. The van der Waals surface area contributed by atoms with Crippen LogP contribution in [-0.2, 0) is 42.9 Å². The van der Waals surface area contributed by atoms with Gasteiger partial charge in [-0.15, -0.1) is 0 Å². The summed E-state index contributed by atoms with van der Waals surface area (Å²) in [6.45, 7) is 17.0. The molecule has 0 aromatic carbocycles. The second kappa shape index (κ2) is 11.6. The van der Waals surface area contributed by atoms with Crippen LogP contribution in [0.4, 0.5) is 0 Å². The molecule has 0 bridgehead atoms. The minimum Gasteiger partial charge on any atom is -0.462 e. The van der Waals surface area contributed by atoms with Gasteiger partial charge in [0.15, 0.2) is 11.9 Å². The third-order valence-corrected chi connectivity index (χ3v) is 7.85. The molecular formula is C28H40O9. The molecule has 2 fully saturated rings. The van der Waals surface area contributed by atoms with Gasteiger partial charge in [-0.3, -0.25) is 24.0 Å². The number of ketones is 1. The molecule has 2 rings (SSSR count). The van der Waals surface area contributed by atoms with Crippen molar-refractivity contribution in [3.8, 4) is 0 Å². The summed E-state index contributed by atoms with van der Waals surface area (Å²) in [4.78, 5) is 60.9. The van der Waals surface area contributed by atoms with Gasteiger partial charge >= 0.3 is 23.9 Å². The van der Waals surface area contributed by atoms with Crippen LogP contribution >= 0.6 is 0 Å². The summed E-state index contributed by atoms with van der Waals surface area (Å²) in [6.07, 6.45) is 0.696. The van der Waals surface area contributed by atoms with Gasteiger partial charge in [0.05, 0.1) is 0 Å². The third kappa shape index (κ3) is 6.67. The standard InChI is InChI=1S/C28H40O9/c1-15(11-13-34-17(3)29)22(35-18(4)30)14-21-16(2)25(37-20(6)32)24(33)26-27(7,8)23(36-19(5)31)10-12-28(21,26)9/h11,21-23,25-26H,2,10,12-14H2,1,3-9H3/b15-11+/t21-,22-,23-,25-,26-,28+/m0/s1. The highest BCUT2D eigenvalue weighted by Crippen LogP contribution is 2.61. The number of rotatable bonds is 8. The lowest BCUT2D eigenvalue weighted by atomic mass is 9.45. The highest BCUT2D eigenvalue weighted by molar-refractivity contribution is 5.93. The topological polar surface area (TPSA) is 122 Å². The number of ether oxygens (including phenoxy) is 4. The van der Waals surface area contributed by atoms with Crippen molar-refractivity contribution in [2.75, 3.05) is 6.61 Å². The molecule has 6 atom stereocenters. The lowest BCUT2D eigenvalue weighted by Crippen LogP contribution is -2.63. The minimum absolute atomic E-state index is 0.0239. The van der Waals surface area contributed by atoms with Crippen LogP contribution < -0.4 is 0 Å². The van der Waals surface area contributed by atoms with E-state index in [1.165, 1.54) is 27.7 Å².